The minimum absolute atomic E-state index is 0.00744. The highest BCUT2D eigenvalue weighted by Crippen LogP contribution is 2.04. The first-order valence-corrected chi connectivity index (χ1v) is 7.33. The van der Waals surface area contributed by atoms with Crippen molar-refractivity contribution in [3.63, 3.8) is 0 Å². The maximum absolute atomic E-state index is 13.5. The van der Waals surface area contributed by atoms with Crippen LogP contribution >= 0.6 is 0 Å². The number of likely N-dealkylation sites (N-methyl/N-ethyl adjacent to an activating group) is 1. The maximum atomic E-state index is 13.5. The third kappa shape index (κ3) is 11.1. The van der Waals surface area contributed by atoms with Gasteiger partial charge in [-0.1, -0.05) is 20.3 Å². The second-order valence-electron chi connectivity index (χ2n) is 4.82. The van der Waals surface area contributed by atoms with Gasteiger partial charge in [-0.15, -0.1) is 0 Å². The molecule has 0 radical (unpaired) electrons. The molecule has 0 aliphatic heterocycles. The first-order valence-electron chi connectivity index (χ1n) is 7.33. The zero-order chi connectivity index (χ0) is 15.2. The summed E-state index contributed by atoms with van der Waals surface area (Å²) in [5.74, 6) is -0.154. The van der Waals surface area contributed by atoms with Crippen molar-refractivity contribution in [2.45, 2.75) is 32.9 Å². The number of hydrogen-bond acceptors (Lipinski definition) is 4. The van der Waals surface area contributed by atoms with Crippen LogP contribution in [0.4, 0.5) is 4.39 Å². The lowest BCUT2D eigenvalue weighted by molar-refractivity contribution is -0.125. The van der Waals surface area contributed by atoms with Crippen LogP contribution in [0.1, 0.15) is 26.7 Å². The van der Waals surface area contributed by atoms with E-state index in [9.17, 15) is 9.18 Å². The van der Waals surface area contributed by atoms with E-state index in [0.717, 1.165) is 19.4 Å². The fraction of sp³-hybridized carbons (Fsp3) is 0.929. The summed E-state index contributed by atoms with van der Waals surface area (Å²) >= 11 is 0. The van der Waals surface area contributed by atoms with E-state index in [4.69, 9.17) is 9.47 Å². The lowest BCUT2D eigenvalue weighted by atomic mass is 10.1. The number of carbonyl (C=O) groups is 1. The summed E-state index contributed by atoms with van der Waals surface area (Å²) in [6.07, 6.45) is 0.596. The predicted octanol–water partition coefficient (Wildman–Crippen LogP) is 1.13. The van der Waals surface area contributed by atoms with Crippen molar-refractivity contribution in [3.8, 4) is 0 Å². The monoisotopic (exact) mass is 292 g/mol. The molecule has 0 aliphatic carbocycles. The fourth-order valence-corrected chi connectivity index (χ4v) is 1.61. The lowest BCUT2D eigenvalue weighted by Gasteiger charge is -2.13. The maximum Gasteiger partial charge on any atom is 0.222 e. The second kappa shape index (κ2) is 13.3. The van der Waals surface area contributed by atoms with Gasteiger partial charge in [-0.3, -0.25) is 4.79 Å². The summed E-state index contributed by atoms with van der Waals surface area (Å²) in [6.45, 7) is 6.08. The first kappa shape index (κ1) is 19.3. The number of amides is 1. The molecule has 20 heavy (non-hydrogen) atoms. The van der Waals surface area contributed by atoms with Gasteiger partial charge in [0.15, 0.2) is 0 Å². The molecule has 0 bridgehead atoms. The number of carbonyl (C=O) groups excluding carboxylic acids is 1. The van der Waals surface area contributed by atoms with Gasteiger partial charge in [0.25, 0.3) is 0 Å². The van der Waals surface area contributed by atoms with Gasteiger partial charge in [0.05, 0.1) is 33.0 Å². The Morgan fingerprint density at radius 1 is 1.25 bits per heavy atom. The Morgan fingerprint density at radius 2 is 1.95 bits per heavy atom. The Morgan fingerprint density at radius 3 is 2.60 bits per heavy atom. The number of rotatable bonds is 13. The molecule has 120 valence electrons. The van der Waals surface area contributed by atoms with E-state index >= 15 is 0 Å². The molecule has 2 N–H and O–H groups in total. The smallest absolute Gasteiger partial charge is 0.222 e. The Kier molecular flexibility index (Phi) is 12.8. The molecule has 0 spiro atoms. The van der Waals surface area contributed by atoms with Gasteiger partial charge in [-0.25, -0.2) is 4.39 Å². The van der Waals surface area contributed by atoms with Gasteiger partial charge in [-0.05, 0) is 13.5 Å². The molecular formula is C14H29FN2O3. The highest BCUT2D eigenvalue weighted by molar-refractivity contribution is 5.78. The Balaban J connectivity index is 3.45. The van der Waals surface area contributed by atoms with E-state index in [1.807, 2.05) is 20.9 Å². The second-order valence-corrected chi connectivity index (χ2v) is 4.82. The number of alkyl halides is 1. The summed E-state index contributed by atoms with van der Waals surface area (Å²) in [4.78, 5) is 11.6. The van der Waals surface area contributed by atoms with Crippen molar-refractivity contribution in [1.82, 2.24) is 10.6 Å². The van der Waals surface area contributed by atoms with E-state index < -0.39 is 6.17 Å². The summed E-state index contributed by atoms with van der Waals surface area (Å²) in [5, 5.41) is 5.56. The van der Waals surface area contributed by atoms with E-state index in [2.05, 4.69) is 10.6 Å². The molecule has 0 rings (SSSR count). The third-order valence-electron chi connectivity index (χ3n) is 2.83. The molecule has 0 saturated heterocycles. The fourth-order valence-electron chi connectivity index (χ4n) is 1.61. The molecule has 0 aromatic heterocycles. The van der Waals surface area contributed by atoms with Crippen LogP contribution in [0, 0.1) is 5.92 Å². The quantitative estimate of drug-likeness (QED) is 0.500. The van der Waals surface area contributed by atoms with Crippen LogP contribution in [0.25, 0.3) is 0 Å². The van der Waals surface area contributed by atoms with Crippen LogP contribution in [0.2, 0.25) is 0 Å². The van der Waals surface area contributed by atoms with Gasteiger partial charge in [-0.2, -0.15) is 0 Å². The number of hydrogen-bond donors (Lipinski definition) is 2. The molecule has 0 saturated carbocycles. The van der Waals surface area contributed by atoms with Crippen molar-refractivity contribution >= 4 is 5.91 Å². The van der Waals surface area contributed by atoms with Crippen molar-refractivity contribution in [1.29, 1.82) is 0 Å². The summed E-state index contributed by atoms with van der Waals surface area (Å²) < 4.78 is 23.8. The van der Waals surface area contributed by atoms with Gasteiger partial charge in [0, 0.05) is 12.5 Å². The predicted molar refractivity (Wildman–Crippen MR) is 77.5 cm³/mol. The summed E-state index contributed by atoms with van der Waals surface area (Å²) in [5.41, 5.74) is 0. The minimum Gasteiger partial charge on any atom is -0.378 e. The summed E-state index contributed by atoms with van der Waals surface area (Å²) in [6, 6.07) is 0. The van der Waals surface area contributed by atoms with Crippen LogP contribution in [0.15, 0.2) is 0 Å². The van der Waals surface area contributed by atoms with Crippen molar-refractivity contribution in [3.05, 3.63) is 0 Å². The molecule has 0 heterocycles. The Labute approximate surface area is 121 Å². The Bertz CT molecular complexity index is 242. The number of nitrogens with one attached hydrogen (secondary N) is 2. The molecule has 0 aromatic carbocycles. The van der Waals surface area contributed by atoms with Crippen LogP contribution in [-0.4, -0.2) is 58.6 Å². The minimum atomic E-state index is -1.18. The normalized spacial score (nSPS) is 14.0. The zero-order valence-electron chi connectivity index (χ0n) is 12.9. The van der Waals surface area contributed by atoms with Crippen LogP contribution in [0.3, 0.4) is 0 Å². The van der Waals surface area contributed by atoms with Crippen molar-refractivity contribution in [2.75, 3.05) is 46.6 Å². The average molecular weight is 292 g/mol. The molecule has 0 aliphatic rings. The number of ether oxygens (including phenoxy) is 2. The molecule has 6 heteroatoms. The highest BCUT2D eigenvalue weighted by Gasteiger charge is 2.14. The average Bonchev–Trinajstić information content (AvgIpc) is 2.44. The summed E-state index contributed by atoms with van der Waals surface area (Å²) in [7, 11) is 1.85. The van der Waals surface area contributed by atoms with E-state index in [1.54, 1.807) is 0 Å². The molecule has 5 nitrogen and oxygen atoms in total. The molecule has 1 amide bonds. The number of halogens is 1. The van der Waals surface area contributed by atoms with E-state index in [0.29, 0.717) is 19.8 Å². The zero-order valence-corrected chi connectivity index (χ0v) is 12.9. The van der Waals surface area contributed by atoms with Gasteiger partial charge in [0.2, 0.25) is 5.91 Å². The van der Waals surface area contributed by atoms with Crippen LogP contribution < -0.4 is 10.6 Å². The van der Waals surface area contributed by atoms with Crippen LogP contribution in [0.5, 0.6) is 0 Å². The lowest BCUT2D eigenvalue weighted by Crippen LogP contribution is -2.35. The van der Waals surface area contributed by atoms with Crippen LogP contribution in [-0.2, 0) is 14.3 Å². The third-order valence-corrected chi connectivity index (χ3v) is 2.83. The van der Waals surface area contributed by atoms with Gasteiger partial charge in [0.1, 0.15) is 6.17 Å². The van der Waals surface area contributed by atoms with Gasteiger partial charge < -0.3 is 20.1 Å². The van der Waals surface area contributed by atoms with Crippen molar-refractivity contribution in [2.24, 2.45) is 5.92 Å². The molecule has 0 fully saturated rings. The van der Waals surface area contributed by atoms with Gasteiger partial charge >= 0.3 is 0 Å². The van der Waals surface area contributed by atoms with E-state index in [1.165, 1.54) is 0 Å². The largest absolute Gasteiger partial charge is 0.378 e. The highest BCUT2D eigenvalue weighted by atomic mass is 19.1. The first-order chi connectivity index (χ1) is 9.61. The topological polar surface area (TPSA) is 59.6 Å². The Hall–Kier alpha value is -0.720. The molecule has 0 aromatic rings. The molecule has 2 atom stereocenters. The van der Waals surface area contributed by atoms with Crippen molar-refractivity contribution < 1.29 is 18.7 Å². The molecular weight excluding hydrogens is 263 g/mol. The standard InChI is InChI=1S/C14H29FN2O3/c1-4-5-12(2)14(18)17-10-13(15)11-20-9-8-19-7-6-16-3/h12-13,16H,4-11H2,1-3H3,(H,17,18). The SMILES string of the molecule is CCCC(C)C(=O)NCC(F)COCCOCCNC. The van der Waals surface area contributed by atoms with E-state index in [-0.39, 0.29) is 25.0 Å². The molecule has 2 unspecified atom stereocenters.